The van der Waals surface area contributed by atoms with Gasteiger partial charge in [0.15, 0.2) is 11.5 Å². The number of halogens is 1. The zero-order chi connectivity index (χ0) is 24.5. The van der Waals surface area contributed by atoms with E-state index in [1.165, 1.54) is 4.90 Å². The first kappa shape index (κ1) is 21.9. The highest BCUT2D eigenvalue weighted by molar-refractivity contribution is 6.31. The third kappa shape index (κ3) is 3.13. The summed E-state index contributed by atoms with van der Waals surface area (Å²) in [6.45, 7) is 0.126. The standard InChI is InChI=1S/C24H21ClN4O6/c25-12-2-3-14-13(8-12)24(23(33)27-14)20-19(15(28-24)4-6-18(26)30)21(31)29(22(20)32)9-11-1-5-16-17(7-11)35-10-34-16/h1-3,5,7-8,15,19-20,28H,4,6,9-10H2,(H2,26,30)(H,27,33)/t15-,19-,20+,24-/m1/s1. The Hall–Kier alpha value is -3.63. The molecule has 11 heteroatoms. The highest BCUT2D eigenvalue weighted by Crippen LogP contribution is 2.54. The van der Waals surface area contributed by atoms with Crippen molar-refractivity contribution in [1.29, 1.82) is 0 Å². The molecule has 6 rings (SSSR count). The molecular formula is C24H21ClN4O6. The van der Waals surface area contributed by atoms with Gasteiger partial charge in [-0.25, -0.2) is 0 Å². The third-order valence-corrected chi connectivity index (χ3v) is 7.48. The number of rotatable bonds is 5. The smallest absolute Gasteiger partial charge is 0.250 e. The Morgan fingerprint density at radius 2 is 1.91 bits per heavy atom. The van der Waals surface area contributed by atoms with E-state index in [1.807, 2.05) is 0 Å². The SMILES string of the molecule is NC(=O)CC[C@H]1N[C@@]2(C(=O)Nc3ccc(Cl)cc32)[C@@H]2C(=O)N(Cc3ccc4c(c3)OCO4)C(=O)[C@@H]21. The monoisotopic (exact) mass is 496 g/mol. The minimum Gasteiger partial charge on any atom is -0.454 e. The lowest BCUT2D eigenvalue weighted by molar-refractivity contribution is -0.143. The first-order valence-electron chi connectivity index (χ1n) is 11.2. The normalized spacial score (nSPS) is 28.0. The van der Waals surface area contributed by atoms with Crippen LogP contribution in [-0.4, -0.2) is 41.4 Å². The number of nitrogens with two attached hydrogens (primary N) is 1. The zero-order valence-corrected chi connectivity index (χ0v) is 19.1. The van der Waals surface area contributed by atoms with Crippen molar-refractivity contribution in [2.75, 3.05) is 12.1 Å². The van der Waals surface area contributed by atoms with Gasteiger partial charge in [0.05, 0.1) is 18.4 Å². The number of nitrogens with zero attached hydrogens (tertiary/aromatic N) is 1. The van der Waals surface area contributed by atoms with Gasteiger partial charge in [0.2, 0.25) is 30.4 Å². The van der Waals surface area contributed by atoms with E-state index in [0.29, 0.717) is 33.3 Å². The molecule has 2 aromatic rings. The van der Waals surface area contributed by atoms with Crippen LogP contribution in [-0.2, 0) is 31.3 Å². The molecule has 2 saturated heterocycles. The average molecular weight is 497 g/mol. The molecule has 2 fully saturated rings. The third-order valence-electron chi connectivity index (χ3n) is 7.25. The Bertz CT molecular complexity index is 1310. The summed E-state index contributed by atoms with van der Waals surface area (Å²) in [5, 5.41) is 6.47. The summed E-state index contributed by atoms with van der Waals surface area (Å²) in [5.74, 6) is -2.54. The van der Waals surface area contributed by atoms with Gasteiger partial charge in [-0.1, -0.05) is 17.7 Å². The average Bonchev–Trinajstić information content (AvgIpc) is 3.55. The molecule has 0 aromatic heterocycles. The fourth-order valence-corrected chi connectivity index (χ4v) is 5.93. The number of carbonyl (C=O) groups excluding carboxylic acids is 4. The van der Waals surface area contributed by atoms with Crippen LogP contribution >= 0.6 is 11.6 Å². The summed E-state index contributed by atoms with van der Waals surface area (Å²) in [5.41, 5.74) is 5.60. The molecule has 180 valence electrons. The van der Waals surface area contributed by atoms with Crippen LogP contribution in [0, 0.1) is 11.8 Å². The highest BCUT2D eigenvalue weighted by atomic mass is 35.5. The van der Waals surface area contributed by atoms with Crippen LogP contribution in [0.3, 0.4) is 0 Å². The predicted molar refractivity (Wildman–Crippen MR) is 122 cm³/mol. The van der Waals surface area contributed by atoms with Crippen molar-refractivity contribution in [3.05, 3.63) is 52.5 Å². The number of hydrogen-bond donors (Lipinski definition) is 3. The molecule has 4 aliphatic heterocycles. The fraction of sp³-hybridized carbons (Fsp3) is 0.333. The van der Waals surface area contributed by atoms with E-state index in [1.54, 1.807) is 36.4 Å². The van der Waals surface area contributed by atoms with Crippen molar-refractivity contribution in [2.45, 2.75) is 31.0 Å². The Balaban J connectivity index is 1.40. The number of likely N-dealkylation sites (tertiary alicyclic amines) is 1. The maximum Gasteiger partial charge on any atom is 0.250 e. The maximum atomic E-state index is 13.8. The lowest BCUT2D eigenvalue weighted by Gasteiger charge is -2.29. The van der Waals surface area contributed by atoms with Crippen LogP contribution in [0.15, 0.2) is 36.4 Å². The maximum absolute atomic E-state index is 13.8. The van der Waals surface area contributed by atoms with Crippen LogP contribution in [0.25, 0.3) is 0 Å². The second kappa shape index (κ2) is 7.69. The van der Waals surface area contributed by atoms with Gasteiger partial charge in [0, 0.05) is 28.7 Å². The van der Waals surface area contributed by atoms with E-state index >= 15 is 0 Å². The number of fused-ring (bicyclic) bond motifs is 5. The van der Waals surface area contributed by atoms with E-state index in [4.69, 9.17) is 26.8 Å². The molecule has 4 aliphatic rings. The number of amides is 4. The number of benzene rings is 2. The van der Waals surface area contributed by atoms with Crippen LogP contribution in [0.2, 0.25) is 5.02 Å². The molecule has 0 aliphatic carbocycles. The van der Waals surface area contributed by atoms with Gasteiger partial charge in [-0.2, -0.15) is 0 Å². The van der Waals surface area contributed by atoms with Crippen molar-refractivity contribution in [3.8, 4) is 11.5 Å². The topological polar surface area (TPSA) is 140 Å². The first-order valence-corrected chi connectivity index (χ1v) is 11.6. The highest BCUT2D eigenvalue weighted by Gasteiger charge is 2.70. The molecule has 4 amide bonds. The van der Waals surface area contributed by atoms with Gasteiger partial charge in [-0.3, -0.25) is 29.4 Å². The number of imide groups is 1. The summed E-state index contributed by atoms with van der Waals surface area (Å²) in [6.07, 6.45) is 0.211. The summed E-state index contributed by atoms with van der Waals surface area (Å²) in [7, 11) is 0. The van der Waals surface area contributed by atoms with Crippen LogP contribution < -0.4 is 25.8 Å². The Morgan fingerprint density at radius 3 is 2.71 bits per heavy atom. The molecule has 0 radical (unpaired) electrons. The summed E-state index contributed by atoms with van der Waals surface area (Å²) >= 11 is 6.25. The molecule has 4 N–H and O–H groups in total. The van der Waals surface area contributed by atoms with Crippen molar-refractivity contribution >= 4 is 40.9 Å². The molecule has 35 heavy (non-hydrogen) atoms. The molecule has 0 unspecified atom stereocenters. The largest absolute Gasteiger partial charge is 0.454 e. The molecule has 4 heterocycles. The zero-order valence-electron chi connectivity index (χ0n) is 18.4. The fourth-order valence-electron chi connectivity index (χ4n) is 5.76. The van der Waals surface area contributed by atoms with Crippen molar-refractivity contribution in [3.63, 3.8) is 0 Å². The number of primary amides is 1. The summed E-state index contributed by atoms with van der Waals surface area (Å²) in [4.78, 5) is 53.6. The van der Waals surface area contributed by atoms with Crippen molar-refractivity contribution in [1.82, 2.24) is 10.2 Å². The number of anilines is 1. The molecule has 4 atom stereocenters. The summed E-state index contributed by atoms with van der Waals surface area (Å²) in [6, 6.07) is 9.55. The van der Waals surface area contributed by atoms with Crippen LogP contribution in [0.4, 0.5) is 5.69 Å². The number of carbonyl (C=O) groups is 4. The predicted octanol–water partition coefficient (Wildman–Crippen LogP) is 1.25. The molecular weight excluding hydrogens is 476 g/mol. The molecule has 0 saturated carbocycles. The van der Waals surface area contributed by atoms with Gasteiger partial charge >= 0.3 is 0 Å². The Labute approximate surface area is 204 Å². The van der Waals surface area contributed by atoms with Gasteiger partial charge in [-0.05, 0) is 42.3 Å². The van der Waals surface area contributed by atoms with E-state index in [9.17, 15) is 19.2 Å². The molecule has 0 bridgehead atoms. The minimum atomic E-state index is -1.48. The lowest BCUT2D eigenvalue weighted by atomic mass is 9.76. The van der Waals surface area contributed by atoms with Crippen LogP contribution in [0.1, 0.15) is 24.0 Å². The second-order valence-corrected chi connectivity index (χ2v) is 9.60. The summed E-state index contributed by atoms with van der Waals surface area (Å²) < 4.78 is 10.7. The number of ether oxygens (including phenoxy) is 2. The van der Waals surface area contributed by atoms with E-state index < -0.39 is 47.0 Å². The molecule has 2 aromatic carbocycles. The minimum absolute atomic E-state index is 0.00458. The van der Waals surface area contributed by atoms with Crippen molar-refractivity contribution in [2.24, 2.45) is 17.6 Å². The van der Waals surface area contributed by atoms with Gasteiger partial charge in [0.1, 0.15) is 5.54 Å². The lowest BCUT2D eigenvalue weighted by Crippen LogP contribution is -2.53. The quantitative estimate of drug-likeness (QED) is 0.529. The Morgan fingerprint density at radius 1 is 1.11 bits per heavy atom. The first-order chi connectivity index (χ1) is 16.8. The number of nitrogens with one attached hydrogen (secondary N) is 2. The van der Waals surface area contributed by atoms with Crippen LogP contribution in [0.5, 0.6) is 11.5 Å². The van der Waals surface area contributed by atoms with Gasteiger partial charge in [0.25, 0.3) is 0 Å². The van der Waals surface area contributed by atoms with E-state index in [0.717, 1.165) is 0 Å². The molecule has 10 nitrogen and oxygen atoms in total. The second-order valence-electron chi connectivity index (χ2n) is 9.16. The number of hydrogen-bond acceptors (Lipinski definition) is 7. The van der Waals surface area contributed by atoms with Gasteiger partial charge < -0.3 is 20.5 Å². The Kier molecular flexibility index (Phi) is 4.81. The van der Waals surface area contributed by atoms with E-state index in [-0.39, 0.29) is 26.2 Å². The van der Waals surface area contributed by atoms with Gasteiger partial charge in [-0.15, -0.1) is 0 Å². The van der Waals surface area contributed by atoms with E-state index in [2.05, 4.69) is 10.6 Å². The molecule has 1 spiro atoms. The van der Waals surface area contributed by atoms with Crippen molar-refractivity contribution < 1.29 is 28.7 Å².